The summed E-state index contributed by atoms with van der Waals surface area (Å²) in [6, 6.07) is 6.68. The van der Waals surface area contributed by atoms with E-state index in [4.69, 9.17) is 4.74 Å². The Bertz CT molecular complexity index is 563. The van der Waals surface area contributed by atoms with Crippen LogP contribution in [0.5, 0.6) is 5.75 Å². The van der Waals surface area contributed by atoms with Crippen LogP contribution in [-0.4, -0.2) is 16.8 Å². The molecule has 0 amide bonds. The van der Waals surface area contributed by atoms with Gasteiger partial charge in [-0.3, -0.25) is 4.68 Å². The third kappa shape index (κ3) is 3.39. The van der Waals surface area contributed by atoms with Gasteiger partial charge in [0.05, 0.1) is 6.20 Å². The van der Waals surface area contributed by atoms with Crippen molar-refractivity contribution in [1.29, 1.82) is 0 Å². The largest absolute Gasteiger partial charge is 0.489 e. The van der Waals surface area contributed by atoms with E-state index >= 15 is 0 Å². The Morgan fingerprint density at radius 3 is 2.80 bits per heavy atom. The number of benzene rings is 1. The van der Waals surface area contributed by atoms with Crippen molar-refractivity contribution in [2.24, 2.45) is 0 Å². The fourth-order valence-electron chi connectivity index (χ4n) is 2.09. The molecule has 4 heteroatoms. The molecule has 1 N–H and O–H groups in total. The summed E-state index contributed by atoms with van der Waals surface area (Å²) in [7, 11) is 1.97. The molecule has 2 rings (SSSR count). The minimum Gasteiger partial charge on any atom is -0.489 e. The molecule has 4 nitrogen and oxygen atoms in total. The molecule has 0 saturated heterocycles. The lowest BCUT2D eigenvalue weighted by Crippen LogP contribution is -2.12. The summed E-state index contributed by atoms with van der Waals surface area (Å²) < 4.78 is 7.78. The molecule has 1 heterocycles. The van der Waals surface area contributed by atoms with Crippen LogP contribution in [0.15, 0.2) is 30.6 Å². The van der Waals surface area contributed by atoms with Crippen LogP contribution >= 0.6 is 0 Å². The monoisotopic (exact) mass is 273 g/mol. The SMILES string of the molecule is CCn1cc(COc2ccc(C(C)NC)cc2C)cn1. The highest BCUT2D eigenvalue weighted by molar-refractivity contribution is 5.37. The summed E-state index contributed by atoms with van der Waals surface area (Å²) >= 11 is 0. The summed E-state index contributed by atoms with van der Waals surface area (Å²) in [6.07, 6.45) is 3.88. The first-order valence-corrected chi connectivity index (χ1v) is 7.06. The van der Waals surface area contributed by atoms with Gasteiger partial charge in [-0.05, 0) is 45.0 Å². The second kappa shape index (κ2) is 6.57. The van der Waals surface area contributed by atoms with Crippen molar-refractivity contribution in [1.82, 2.24) is 15.1 Å². The van der Waals surface area contributed by atoms with Gasteiger partial charge in [-0.15, -0.1) is 0 Å². The van der Waals surface area contributed by atoms with Gasteiger partial charge in [0.1, 0.15) is 12.4 Å². The molecular weight excluding hydrogens is 250 g/mol. The highest BCUT2D eigenvalue weighted by Gasteiger charge is 2.07. The van der Waals surface area contributed by atoms with Gasteiger partial charge in [0.25, 0.3) is 0 Å². The molecule has 0 bridgehead atoms. The third-order valence-corrected chi connectivity index (χ3v) is 3.54. The van der Waals surface area contributed by atoms with Crippen LogP contribution in [0.1, 0.15) is 36.6 Å². The molecule has 2 aromatic rings. The minimum atomic E-state index is 0.352. The van der Waals surface area contributed by atoms with Crippen molar-refractivity contribution >= 4 is 0 Å². The molecule has 108 valence electrons. The lowest BCUT2D eigenvalue weighted by molar-refractivity contribution is 0.304. The van der Waals surface area contributed by atoms with E-state index in [0.717, 1.165) is 23.4 Å². The zero-order valence-corrected chi connectivity index (χ0v) is 12.7. The van der Waals surface area contributed by atoms with Crippen LogP contribution in [0, 0.1) is 6.92 Å². The summed E-state index contributed by atoms with van der Waals surface area (Å²) in [5.74, 6) is 0.932. The van der Waals surface area contributed by atoms with Crippen LogP contribution in [-0.2, 0) is 13.2 Å². The molecule has 0 aliphatic carbocycles. The number of hydrogen-bond donors (Lipinski definition) is 1. The summed E-state index contributed by atoms with van der Waals surface area (Å²) in [5.41, 5.74) is 3.53. The van der Waals surface area contributed by atoms with E-state index in [1.165, 1.54) is 5.56 Å². The predicted molar refractivity (Wildman–Crippen MR) is 80.9 cm³/mol. The van der Waals surface area contributed by atoms with E-state index in [9.17, 15) is 0 Å². The van der Waals surface area contributed by atoms with E-state index in [1.807, 2.05) is 30.2 Å². The van der Waals surface area contributed by atoms with E-state index in [0.29, 0.717) is 12.6 Å². The van der Waals surface area contributed by atoms with Crippen molar-refractivity contribution < 1.29 is 4.74 Å². The lowest BCUT2D eigenvalue weighted by Gasteiger charge is -2.14. The highest BCUT2D eigenvalue weighted by atomic mass is 16.5. The van der Waals surface area contributed by atoms with Crippen LogP contribution in [0.4, 0.5) is 0 Å². The number of hydrogen-bond acceptors (Lipinski definition) is 3. The Labute approximate surface area is 120 Å². The number of nitrogens with one attached hydrogen (secondary N) is 1. The van der Waals surface area contributed by atoms with E-state index in [1.54, 1.807) is 0 Å². The first kappa shape index (κ1) is 14.6. The Morgan fingerprint density at radius 1 is 1.40 bits per heavy atom. The number of aryl methyl sites for hydroxylation is 2. The van der Waals surface area contributed by atoms with Crippen LogP contribution < -0.4 is 10.1 Å². The third-order valence-electron chi connectivity index (χ3n) is 3.54. The van der Waals surface area contributed by atoms with Gasteiger partial charge in [-0.1, -0.05) is 12.1 Å². The van der Waals surface area contributed by atoms with Crippen molar-refractivity contribution in [2.75, 3.05) is 7.05 Å². The molecule has 1 atom stereocenters. The van der Waals surface area contributed by atoms with Gasteiger partial charge < -0.3 is 10.1 Å². The second-order valence-corrected chi connectivity index (χ2v) is 5.03. The van der Waals surface area contributed by atoms with Crippen LogP contribution in [0.2, 0.25) is 0 Å². The van der Waals surface area contributed by atoms with Crippen LogP contribution in [0.3, 0.4) is 0 Å². The maximum Gasteiger partial charge on any atom is 0.122 e. The van der Waals surface area contributed by atoms with E-state index < -0.39 is 0 Å². The highest BCUT2D eigenvalue weighted by Crippen LogP contribution is 2.23. The zero-order valence-electron chi connectivity index (χ0n) is 12.7. The molecule has 0 spiro atoms. The van der Waals surface area contributed by atoms with Gasteiger partial charge in [0, 0.05) is 24.3 Å². The normalized spacial score (nSPS) is 12.4. The fourth-order valence-corrected chi connectivity index (χ4v) is 2.09. The van der Waals surface area contributed by atoms with Gasteiger partial charge in [0.15, 0.2) is 0 Å². The number of ether oxygens (including phenoxy) is 1. The van der Waals surface area contributed by atoms with Crippen molar-refractivity contribution in [3.8, 4) is 5.75 Å². The van der Waals surface area contributed by atoms with Gasteiger partial charge in [-0.25, -0.2) is 0 Å². The molecular formula is C16H23N3O. The average Bonchev–Trinajstić information content (AvgIpc) is 2.93. The number of rotatable bonds is 6. The molecule has 0 aliphatic rings. The average molecular weight is 273 g/mol. The van der Waals surface area contributed by atoms with Gasteiger partial charge >= 0.3 is 0 Å². The Kier molecular flexibility index (Phi) is 4.79. The summed E-state index contributed by atoms with van der Waals surface area (Å²) in [5, 5.41) is 7.49. The molecule has 0 fully saturated rings. The molecule has 1 unspecified atom stereocenters. The minimum absolute atomic E-state index is 0.352. The van der Waals surface area contributed by atoms with Crippen molar-refractivity contribution in [3.05, 3.63) is 47.3 Å². The topological polar surface area (TPSA) is 39.1 Å². The standard InChI is InChI=1S/C16H23N3O/c1-5-19-10-14(9-18-19)11-20-16-7-6-15(8-12(16)2)13(3)17-4/h6-10,13,17H,5,11H2,1-4H3. The quantitative estimate of drug-likeness (QED) is 0.879. The molecule has 0 radical (unpaired) electrons. The van der Waals surface area contributed by atoms with E-state index in [2.05, 4.69) is 43.3 Å². The summed E-state index contributed by atoms with van der Waals surface area (Å²) in [6.45, 7) is 7.74. The molecule has 20 heavy (non-hydrogen) atoms. The van der Waals surface area contributed by atoms with E-state index in [-0.39, 0.29) is 0 Å². The number of aromatic nitrogens is 2. The maximum atomic E-state index is 5.88. The number of nitrogens with zero attached hydrogens (tertiary/aromatic N) is 2. The zero-order chi connectivity index (χ0) is 14.5. The van der Waals surface area contributed by atoms with Gasteiger partial charge in [0.2, 0.25) is 0 Å². The summed E-state index contributed by atoms with van der Waals surface area (Å²) in [4.78, 5) is 0. The lowest BCUT2D eigenvalue weighted by atomic mass is 10.1. The maximum absolute atomic E-state index is 5.88. The Hall–Kier alpha value is -1.81. The second-order valence-electron chi connectivity index (χ2n) is 5.03. The predicted octanol–water partition coefficient (Wildman–Crippen LogP) is 3.07. The first-order valence-electron chi connectivity index (χ1n) is 7.06. The molecule has 0 aliphatic heterocycles. The molecule has 1 aromatic carbocycles. The molecule has 1 aromatic heterocycles. The molecule has 0 saturated carbocycles. The Balaban J connectivity index is 2.02. The van der Waals surface area contributed by atoms with Crippen LogP contribution in [0.25, 0.3) is 0 Å². The fraction of sp³-hybridized carbons (Fsp3) is 0.438. The Morgan fingerprint density at radius 2 is 2.20 bits per heavy atom. The first-order chi connectivity index (χ1) is 9.63. The van der Waals surface area contributed by atoms with Gasteiger partial charge in [-0.2, -0.15) is 5.10 Å². The van der Waals surface area contributed by atoms with Crippen molar-refractivity contribution in [3.63, 3.8) is 0 Å². The smallest absolute Gasteiger partial charge is 0.122 e. The van der Waals surface area contributed by atoms with Crippen molar-refractivity contribution in [2.45, 2.75) is 40.0 Å².